The first-order valence-electron chi connectivity index (χ1n) is 5.52. The molecule has 0 saturated heterocycles. The van der Waals surface area contributed by atoms with Gasteiger partial charge in [-0.1, -0.05) is 10.3 Å². The molecular formula is C12H12N6O2. The van der Waals surface area contributed by atoms with Gasteiger partial charge >= 0.3 is 0 Å². The molecule has 0 spiro atoms. The first kappa shape index (κ1) is 15.1. The smallest absolute Gasteiger partial charge is 0.129 e. The van der Waals surface area contributed by atoms with Crippen LogP contribution in [-0.2, 0) is 9.68 Å². The molecule has 1 aromatic heterocycles. The zero-order valence-electron chi connectivity index (χ0n) is 11.0. The third-order valence-corrected chi connectivity index (χ3v) is 2.25. The van der Waals surface area contributed by atoms with Crippen molar-refractivity contribution in [3.05, 3.63) is 23.5 Å². The van der Waals surface area contributed by atoms with Crippen molar-refractivity contribution in [3.63, 3.8) is 0 Å². The zero-order chi connectivity index (χ0) is 14.8. The Morgan fingerprint density at radius 1 is 1.00 bits per heavy atom. The van der Waals surface area contributed by atoms with Crippen LogP contribution in [-0.4, -0.2) is 36.8 Å². The van der Waals surface area contributed by atoms with Crippen molar-refractivity contribution in [2.75, 3.05) is 14.2 Å². The van der Waals surface area contributed by atoms with Crippen LogP contribution in [0.2, 0.25) is 0 Å². The largest absolute Gasteiger partial charge is 0.399 e. The molecule has 0 saturated carbocycles. The van der Waals surface area contributed by atoms with Crippen LogP contribution in [0.1, 0.15) is 23.2 Å². The van der Waals surface area contributed by atoms with E-state index >= 15 is 0 Å². The van der Waals surface area contributed by atoms with Crippen molar-refractivity contribution in [1.29, 1.82) is 10.5 Å². The van der Waals surface area contributed by atoms with E-state index in [9.17, 15) is 0 Å². The van der Waals surface area contributed by atoms with E-state index in [4.69, 9.17) is 10.5 Å². The standard InChI is InChI=1S/C12H12N6O2/c1-19-15-7-9(5-13)11-3-4-12(18-17-11)10(6-14)8-16-20-2/h3-4,7-10H,1-2H3. The Labute approximate surface area is 115 Å². The van der Waals surface area contributed by atoms with Crippen molar-refractivity contribution < 1.29 is 9.68 Å². The van der Waals surface area contributed by atoms with Gasteiger partial charge < -0.3 is 9.68 Å². The Balaban J connectivity index is 2.93. The molecule has 0 radical (unpaired) electrons. The highest BCUT2D eigenvalue weighted by molar-refractivity contribution is 5.71. The molecular weight excluding hydrogens is 260 g/mol. The Morgan fingerprint density at radius 2 is 1.40 bits per heavy atom. The maximum absolute atomic E-state index is 8.99. The Kier molecular flexibility index (Phi) is 6.15. The molecule has 0 fully saturated rings. The lowest BCUT2D eigenvalue weighted by molar-refractivity contribution is 0.214. The summed E-state index contributed by atoms with van der Waals surface area (Å²) in [6.45, 7) is 0. The van der Waals surface area contributed by atoms with Gasteiger partial charge in [0.25, 0.3) is 0 Å². The normalized spacial score (nSPS) is 13.6. The number of rotatable bonds is 6. The zero-order valence-corrected chi connectivity index (χ0v) is 11.0. The molecule has 1 rings (SSSR count). The van der Waals surface area contributed by atoms with Crippen LogP contribution >= 0.6 is 0 Å². The van der Waals surface area contributed by atoms with Crippen molar-refractivity contribution >= 4 is 12.4 Å². The fourth-order valence-electron chi connectivity index (χ4n) is 1.28. The Hall–Kier alpha value is -3.00. The van der Waals surface area contributed by atoms with E-state index in [1.54, 1.807) is 12.1 Å². The molecule has 0 N–H and O–H groups in total. The molecule has 1 aromatic rings. The van der Waals surface area contributed by atoms with Gasteiger partial charge in [-0.3, -0.25) is 0 Å². The van der Waals surface area contributed by atoms with Gasteiger partial charge in [-0.05, 0) is 12.1 Å². The van der Waals surface area contributed by atoms with Crippen molar-refractivity contribution in [3.8, 4) is 12.1 Å². The molecule has 2 unspecified atom stereocenters. The minimum Gasteiger partial charge on any atom is -0.399 e. The minimum atomic E-state index is -0.662. The summed E-state index contributed by atoms with van der Waals surface area (Å²) in [5, 5.41) is 32.9. The van der Waals surface area contributed by atoms with Gasteiger partial charge in [0.15, 0.2) is 0 Å². The maximum atomic E-state index is 8.99. The second-order valence-corrected chi connectivity index (χ2v) is 3.47. The van der Waals surface area contributed by atoms with E-state index in [0.717, 1.165) is 0 Å². The molecule has 8 heteroatoms. The lowest BCUT2D eigenvalue weighted by Gasteiger charge is -2.04. The highest BCUT2D eigenvalue weighted by atomic mass is 16.6. The van der Waals surface area contributed by atoms with E-state index in [0.29, 0.717) is 11.4 Å². The Bertz CT molecular complexity index is 504. The first-order chi connectivity index (χ1) is 9.76. The number of oxime groups is 2. The topological polar surface area (TPSA) is 117 Å². The molecule has 8 nitrogen and oxygen atoms in total. The average Bonchev–Trinajstić information content (AvgIpc) is 2.50. The van der Waals surface area contributed by atoms with Gasteiger partial charge in [0.2, 0.25) is 0 Å². The summed E-state index contributed by atoms with van der Waals surface area (Å²) in [4.78, 5) is 9.03. The lowest BCUT2D eigenvalue weighted by Crippen LogP contribution is -2.07. The van der Waals surface area contributed by atoms with Gasteiger partial charge in [0, 0.05) is 0 Å². The van der Waals surface area contributed by atoms with Crippen LogP contribution in [0.4, 0.5) is 0 Å². The predicted octanol–water partition coefficient (Wildman–Crippen LogP) is 0.955. The second-order valence-electron chi connectivity index (χ2n) is 3.47. The van der Waals surface area contributed by atoms with Crippen LogP contribution in [0, 0.1) is 22.7 Å². The number of aromatic nitrogens is 2. The number of nitrogens with zero attached hydrogens (tertiary/aromatic N) is 6. The number of nitriles is 2. The fourth-order valence-corrected chi connectivity index (χ4v) is 1.28. The number of hydrogen-bond acceptors (Lipinski definition) is 8. The van der Waals surface area contributed by atoms with E-state index in [-0.39, 0.29) is 0 Å². The average molecular weight is 272 g/mol. The van der Waals surface area contributed by atoms with Gasteiger partial charge in [-0.2, -0.15) is 20.7 Å². The molecule has 0 aliphatic rings. The predicted molar refractivity (Wildman–Crippen MR) is 69.7 cm³/mol. The third-order valence-electron chi connectivity index (χ3n) is 2.25. The molecule has 0 aliphatic carbocycles. The summed E-state index contributed by atoms with van der Waals surface area (Å²) in [5.41, 5.74) is 0.829. The van der Waals surface area contributed by atoms with Crippen molar-refractivity contribution in [1.82, 2.24) is 10.2 Å². The summed E-state index contributed by atoms with van der Waals surface area (Å²) in [6, 6.07) is 7.21. The van der Waals surface area contributed by atoms with Gasteiger partial charge in [-0.15, -0.1) is 0 Å². The van der Waals surface area contributed by atoms with Crippen molar-refractivity contribution in [2.45, 2.75) is 11.8 Å². The summed E-state index contributed by atoms with van der Waals surface area (Å²) in [6.07, 6.45) is 2.63. The molecule has 102 valence electrons. The molecule has 0 amide bonds. The summed E-state index contributed by atoms with van der Waals surface area (Å²) >= 11 is 0. The monoisotopic (exact) mass is 272 g/mol. The molecule has 20 heavy (non-hydrogen) atoms. The summed E-state index contributed by atoms with van der Waals surface area (Å²) in [7, 11) is 2.76. The molecule has 0 aliphatic heterocycles. The number of hydrogen-bond donors (Lipinski definition) is 0. The van der Waals surface area contributed by atoms with Crippen LogP contribution in [0.3, 0.4) is 0 Å². The minimum absolute atomic E-state index is 0.414. The first-order valence-corrected chi connectivity index (χ1v) is 5.52. The SMILES string of the molecule is CON=CC(C#N)c1ccc(C(C#N)C=NOC)nn1. The van der Waals surface area contributed by atoms with Gasteiger partial charge in [-0.25, -0.2) is 0 Å². The van der Waals surface area contributed by atoms with Crippen LogP contribution < -0.4 is 0 Å². The highest BCUT2D eigenvalue weighted by Crippen LogP contribution is 2.13. The summed E-state index contributed by atoms with van der Waals surface area (Å²) in [5.74, 6) is -1.32. The van der Waals surface area contributed by atoms with Crippen molar-refractivity contribution in [2.24, 2.45) is 10.3 Å². The van der Waals surface area contributed by atoms with Crippen LogP contribution in [0.15, 0.2) is 22.4 Å². The lowest BCUT2D eigenvalue weighted by atomic mass is 10.1. The quantitative estimate of drug-likeness (QED) is 0.562. The maximum Gasteiger partial charge on any atom is 0.129 e. The van der Waals surface area contributed by atoms with E-state index in [1.165, 1.54) is 26.6 Å². The van der Waals surface area contributed by atoms with Crippen LogP contribution in [0.5, 0.6) is 0 Å². The van der Waals surface area contributed by atoms with E-state index in [1.807, 2.05) is 12.1 Å². The Morgan fingerprint density at radius 3 is 1.65 bits per heavy atom. The van der Waals surface area contributed by atoms with E-state index < -0.39 is 11.8 Å². The second kappa shape index (κ2) is 8.16. The van der Waals surface area contributed by atoms with Gasteiger partial charge in [0.1, 0.15) is 26.1 Å². The fraction of sp³-hybridized carbons (Fsp3) is 0.333. The highest BCUT2D eigenvalue weighted by Gasteiger charge is 2.14. The van der Waals surface area contributed by atoms with Crippen LogP contribution in [0.25, 0.3) is 0 Å². The summed E-state index contributed by atoms with van der Waals surface area (Å²) < 4.78 is 0. The third kappa shape index (κ3) is 4.03. The molecule has 0 aromatic carbocycles. The van der Waals surface area contributed by atoms with E-state index in [2.05, 4.69) is 30.2 Å². The van der Waals surface area contributed by atoms with Gasteiger partial charge in [0.05, 0.1) is 36.0 Å². The molecule has 1 heterocycles. The molecule has 0 bridgehead atoms. The molecule has 2 atom stereocenters.